The van der Waals surface area contributed by atoms with Gasteiger partial charge in [-0.15, -0.1) is 0 Å². The van der Waals surface area contributed by atoms with Gasteiger partial charge in [0.1, 0.15) is 5.75 Å². The monoisotopic (exact) mass is 319 g/mol. The van der Waals surface area contributed by atoms with Crippen molar-refractivity contribution in [2.75, 3.05) is 33.4 Å². The van der Waals surface area contributed by atoms with Crippen LogP contribution in [0.5, 0.6) is 5.75 Å². The first-order valence-corrected chi connectivity index (χ1v) is 8.55. The van der Waals surface area contributed by atoms with Crippen molar-refractivity contribution in [2.24, 2.45) is 10.7 Å². The predicted octanol–water partition coefficient (Wildman–Crippen LogP) is 2.79. The Labute approximate surface area is 139 Å². The molecule has 5 heteroatoms. The van der Waals surface area contributed by atoms with Crippen LogP contribution in [0.3, 0.4) is 0 Å². The van der Waals surface area contributed by atoms with Crippen LogP contribution in [0.1, 0.15) is 37.7 Å². The molecule has 1 aromatic carbocycles. The van der Waals surface area contributed by atoms with Gasteiger partial charge in [-0.2, -0.15) is 0 Å². The Morgan fingerprint density at radius 2 is 1.83 bits per heavy atom. The number of guanidine groups is 1. The minimum Gasteiger partial charge on any atom is -0.497 e. The zero-order valence-electron chi connectivity index (χ0n) is 14.2. The molecule has 2 N–H and O–H groups in total. The van der Waals surface area contributed by atoms with Crippen molar-refractivity contribution in [1.29, 1.82) is 0 Å². The van der Waals surface area contributed by atoms with E-state index in [0.717, 1.165) is 37.4 Å². The zero-order chi connectivity index (χ0) is 16.3. The molecule has 23 heavy (non-hydrogen) atoms. The summed E-state index contributed by atoms with van der Waals surface area (Å²) in [6, 6.07) is 7.94. The molecule has 1 fully saturated rings. The lowest BCUT2D eigenvalue weighted by molar-refractivity contribution is 0.120. The lowest BCUT2D eigenvalue weighted by atomic mass is 10.2. The molecule has 0 atom stereocenters. The second-order valence-electron chi connectivity index (χ2n) is 5.90. The van der Waals surface area contributed by atoms with E-state index in [2.05, 4.69) is 9.89 Å². The van der Waals surface area contributed by atoms with Gasteiger partial charge in [0.05, 0.1) is 13.7 Å². The normalized spacial score (nSPS) is 16.2. The molecule has 1 aliphatic rings. The number of aliphatic imine (C=N–C) groups is 1. The van der Waals surface area contributed by atoms with Crippen LogP contribution in [0.15, 0.2) is 29.3 Å². The van der Waals surface area contributed by atoms with E-state index in [1.807, 2.05) is 24.3 Å². The molecule has 0 amide bonds. The molecule has 0 bridgehead atoms. The summed E-state index contributed by atoms with van der Waals surface area (Å²) in [4.78, 5) is 6.69. The smallest absolute Gasteiger partial charge is 0.191 e. The van der Waals surface area contributed by atoms with Gasteiger partial charge in [0.25, 0.3) is 0 Å². The number of benzene rings is 1. The summed E-state index contributed by atoms with van der Waals surface area (Å²) in [5, 5.41) is 0. The molecule has 0 saturated carbocycles. The van der Waals surface area contributed by atoms with E-state index in [9.17, 15) is 0 Å². The summed E-state index contributed by atoms with van der Waals surface area (Å²) >= 11 is 0. The number of likely N-dealkylation sites (tertiary alicyclic amines) is 1. The van der Waals surface area contributed by atoms with Crippen LogP contribution in [-0.4, -0.2) is 44.2 Å². The minimum absolute atomic E-state index is 0.620. The van der Waals surface area contributed by atoms with Gasteiger partial charge in [-0.05, 0) is 37.0 Å². The standard InChI is InChI=1S/C18H29N3O2/c1-22-17-9-7-16(8-10-17)15-23-14-6-11-20-18(19)21-12-4-2-3-5-13-21/h7-10H,2-6,11-15H2,1H3,(H2,19,20). The van der Waals surface area contributed by atoms with Gasteiger partial charge >= 0.3 is 0 Å². The average Bonchev–Trinajstić information content (AvgIpc) is 2.87. The second kappa shape index (κ2) is 10.1. The summed E-state index contributed by atoms with van der Waals surface area (Å²) in [6.07, 6.45) is 5.96. The summed E-state index contributed by atoms with van der Waals surface area (Å²) in [5.74, 6) is 1.56. The van der Waals surface area contributed by atoms with Crippen LogP contribution in [-0.2, 0) is 11.3 Å². The molecule has 5 nitrogen and oxygen atoms in total. The number of hydrogen-bond acceptors (Lipinski definition) is 3. The van der Waals surface area contributed by atoms with E-state index in [4.69, 9.17) is 15.2 Å². The SMILES string of the molecule is COc1ccc(COCCCN=C(N)N2CCCCCC2)cc1. The van der Waals surface area contributed by atoms with Crippen molar-refractivity contribution in [3.63, 3.8) is 0 Å². The third-order valence-corrected chi connectivity index (χ3v) is 4.08. The molecule has 1 saturated heterocycles. The molecule has 0 unspecified atom stereocenters. The molecule has 0 radical (unpaired) electrons. The summed E-state index contributed by atoms with van der Waals surface area (Å²) in [6.45, 7) is 4.13. The zero-order valence-corrected chi connectivity index (χ0v) is 14.2. The Kier molecular flexibility index (Phi) is 7.73. The first-order chi connectivity index (χ1) is 11.3. The number of nitrogens with two attached hydrogens (primary N) is 1. The Hall–Kier alpha value is -1.75. The maximum absolute atomic E-state index is 6.07. The molecule has 1 aliphatic heterocycles. The molecule has 0 aliphatic carbocycles. The van der Waals surface area contributed by atoms with Crippen LogP contribution in [0.4, 0.5) is 0 Å². The Balaban J connectivity index is 1.59. The molecular formula is C18H29N3O2. The van der Waals surface area contributed by atoms with Gasteiger partial charge in [0.2, 0.25) is 0 Å². The van der Waals surface area contributed by atoms with E-state index in [1.165, 1.54) is 25.7 Å². The van der Waals surface area contributed by atoms with Crippen molar-refractivity contribution in [3.05, 3.63) is 29.8 Å². The highest BCUT2D eigenvalue weighted by Crippen LogP contribution is 2.12. The lowest BCUT2D eigenvalue weighted by Crippen LogP contribution is -2.38. The fraction of sp³-hybridized carbons (Fsp3) is 0.611. The highest BCUT2D eigenvalue weighted by atomic mass is 16.5. The van der Waals surface area contributed by atoms with Crippen molar-refractivity contribution < 1.29 is 9.47 Å². The highest BCUT2D eigenvalue weighted by molar-refractivity contribution is 5.78. The van der Waals surface area contributed by atoms with Crippen molar-refractivity contribution in [2.45, 2.75) is 38.7 Å². The van der Waals surface area contributed by atoms with Crippen LogP contribution in [0.2, 0.25) is 0 Å². The van der Waals surface area contributed by atoms with Gasteiger partial charge < -0.3 is 20.1 Å². The van der Waals surface area contributed by atoms with Gasteiger partial charge in [-0.3, -0.25) is 4.99 Å². The molecule has 0 aromatic heterocycles. The Bertz CT molecular complexity index is 466. The number of ether oxygens (including phenoxy) is 2. The van der Waals surface area contributed by atoms with Crippen LogP contribution in [0, 0.1) is 0 Å². The van der Waals surface area contributed by atoms with Crippen LogP contribution in [0.25, 0.3) is 0 Å². The van der Waals surface area contributed by atoms with Crippen molar-refractivity contribution in [1.82, 2.24) is 4.90 Å². The van der Waals surface area contributed by atoms with Gasteiger partial charge in [-0.25, -0.2) is 0 Å². The fourth-order valence-corrected chi connectivity index (χ4v) is 2.67. The molecule has 1 aromatic rings. The second-order valence-corrected chi connectivity index (χ2v) is 5.90. The van der Waals surface area contributed by atoms with E-state index < -0.39 is 0 Å². The highest BCUT2D eigenvalue weighted by Gasteiger charge is 2.10. The molecular weight excluding hydrogens is 290 g/mol. The number of rotatable bonds is 7. The third-order valence-electron chi connectivity index (χ3n) is 4.08. The van der Waals surface area contributed by atoms with Crippen LogP contribution >= 0.6 is 0 Å². The van der Waals surface area contributed by atoms with E-state index in [0.29, 0.717) is 19.2 Å². The molecule has 0 spiro atoms. The summed E-state index contributed by atoms with van der Waals surface area (Å²) < 4.78 is 10.8. The maximum Gasteiger partial charge on any atom is 0.191 e. The third kappa shape index (κ3) is 6.48. The summed E-state index contributed by atoms with van der Waals surface area (Å²) in [7, 11) is 1.67. The van der Waals surface area contributed by atoms with Gasteiger partial charge in [-0.1, -0.05) is 25.0 Å². The minimum atomic E-state index is 0.620. The van der Waals surface area contributed by atoms with Crippen molar-refractivity contribution in [3.8, 4) is 5.75 Å². The number of hydrogen-bond donors (Lipinski definition) is 1. The molecule has 128 valence electrons. The Morgan fingerprint density at radius 3 is 2.48 bits per heavy atom. The van der Waals surface area contributed by atoms with Gasteiger partial charge in [0, 0.05) is 26.2 Å². The summed E-state index contributed by atoms with van der Waals surface area (Å²) in [5.41, 5.74) is 7.23. The number of nitrogens with zero attached hydrogens (tertiary/aromatic N) is 2. The first kappa shape index (κ1) is 17.6. The van der Waals surface area contributed by atoms with Crippen LogP contribution < -0.4 is 10.5 Å². The lowest BCUT2D eigenvalue weighted by Gasteiger charge is -2.21. The fourth-order valence-electron chi connectivity index (χ4n) is 2.67. The van der Waals surface area contributed by atoms with E-state index in [-0.39, 0.29) is 0 Å². The average molecular weight is 319 g/mol. The largest absolute Gasteiger partial charge is 0.497 e. The maximum atomic E-state index is 6.07. The molecule has 2 rings (SSSR count). The van der Waals surface area contributed by atoms with Crippen molar-refractivity contribution >= 4 is 5.96 Å². The van der Waals surface area contributed by atoms with E-state index in [1.54, 1.807) is 7.11 Å². The Morgan fingerprint density at radius 1 is 1.13 bits per heavy atom. The predicted molar refractivity (Wildman–Crippen MR) is 93.8 cm³/mol. The molecule has 1 heterocycles. The quantitative estimate of drug-likeness (QED) is 0.477. The number of methoxy groups -OCH3 is 1. The topological polar surface area (TPSA) is 60.1 Å². The first-order valence-electron chi connectivity index (χ1n) is 8.55. The van der Waals surface area contributed by atoms with E-state index >= 15 is 0 Å². The van der Waals surface area contributed by atoms with Gasteiger partial charge in [0.15, 0.2) is 5.96 Å².